The zero-order valence-electron chi connectivity index (χ0n) is 10.0. The van der Waals surface area contributed by atoms with E-state index in [1.165, 1.54) is 17.5 Å². The van der Waals surface area contributed by atoms with Crippen molar-refractivity contribution in [3.05, 3.63) is 36.0 Å². The number of hydrogen-bond donors (Lipinski definition) is 2. The molecule has 1 aliphatic heterocycles. The zero-order chi connectivity index (χ0) is 11.7. The number of aromatic nitrogens is 1. The lowest BCUT2D eigenvalue weighted by Crippen LogP contribution is -2.22. The van der Waals surface area contributed by atoms with Crippen LogP contribution in [0, 0.1) is 6.92 Å². The minimum absolute atomic E-state index is 0.542. The van der Waals surface area contributed by atoms with Crippen molar-refractivity contribution >= 4 is 16.6 Å². The van der Waals surface area contributed by atoms with E-state index < -0.39 is 0 Å². The second kappa shape index (κ2) is 4.34. The first kappa shape index (κ1) is 10.5. The summed E-state index contributed by atoms with van der Waals surface area (Å²) in [5.74, 6) is 0. The highest BCUT2D eigenvalue weighted by molar-refractivity contribution is 5.91. The number of pyridine rings is 1. The Morgan fingerprint density at radius 3 is 3.06 bits per heavy atom. The molecule has 1 fully saturated rings. The highest BCUT2D eigenvalue weighted by Gasteiger charge is 2.15. The molecule has 2 aromatic rings. The molecule has 3 nitrogen and oxygen atoms in total. The Balaban J connectivity index is 2.01. The van der Waals surface area contributed by atoms with Gasteiger partial charge in [-0.3, -0.25) is 4.98 Å². The molecule has 1 aromatic heterocycles. The van der Waals surface area contributed by atoms with Gasteiger partial charge in [0.05, 0.1) is 5.52 Å². The van der Waals surface area contributed by atoms with Crippen molar-refractivity contribution in [1.82, 2.24) is 10.3 Å². The first-order valence-corrected chi connectivity index (χ1v) is 6.16. The second-order valence-corrected chi connectivity index (χ2v) is 4.66. The average Bonchev–Trinajstić information content (AvgIpc) is 2.81. The third-order valence-corrected chi connectivity index (χ3v) is 3.26. The van der Waals surface area contributed by atoms with E-state index in [1.807, 2.05) is 13.0 Å². The predicted octanol–water partition coefficient (Wildman–Crippen LogP) is 2.32. The van der Waals surface area contributed by atoms with E-state index in [9.17, 15) is 0 Å². The Morgan fingerprint density at radius 1 is 1.35 bits per heavy atom. The highest BCUT2D eigenvalue weighted by atomic mass is 15.0. The van der Waals surface area contributed by atoms with Crippen molar-refractivity contribution in [3.63, 3.8) is 0 Å². The van der Waals surface area contributed by atoms with Gasteiger partial charge in [-0.25, -0.2) is 0 Å². The summed E-state index contributed by atoms with van der Waals surface area (Å²) in [6.07, 6.45) is 1.19. The maximum atomic E-state index is 4.56. The lowest BCUT2D eigenvalue weighted by molar-refractivity contribution is 0.794. The van der Waals surface area contributed by atoms with Crippen molar-refractivity contribution in [1.29, 1.82) is 0 Å². The van der Waals surface area contributed by atoms with Gasteiger partial charge in [0.1, 0.15) is 0 Å². The standard InChI is InChI=1S/C14H17N3/c1-10-8-14(17-11-6-7-15-9-11)12-4-2-3-5-13(12)16-10/h2-5,8,11,15H,6-7,9H2,1H3,(H,16,17). The van der Waals surface area contributed by atoms with Crippen molar-refractivity contribution in [2.45, 2.75) is 19.4 Å². The van der Waals surface area contributed by atoms with Gasteiger partial charge in [0.25, 0.3) is 0 Å². The molecule has 0 amide bonds. The summed E-state index contributed by atoms with van der Waals surface area (Å²) < 4.78 is 0. The quantitative estimate of drug-likeness (QED) is 0.826. The monoisotopic (exact) mass is 227 g/mol. The number of aryl methyl sites for hydroxylation is 1. The number of hydrogen-bond acceptors (Lipinski definition) is 3. The summed E-state index contributed by atoms with van der Waals surface area (Å²) in [4.78, 5) is 4.56. The van der Waals surface area contributed by atoms with Gasteiger partial charge in [0.2, 0.25) is 0 Å². The van der Waals surface area contributed by atoms with Gasteiger partial charge < -0.3 is 10.6 Å². The molecular formula is C14H17N3. The Morgan fingerprint density at radius 2 is 2.24 bits per heavy atom. The van der Waals surface area contributed by atoms with E-state index in [4.69, 9.17) is 0 Å². The van der Waals surface area contributed by atoms with Crippen molar-refractivity contribution in [2.24, 2.45) is 0 Å². The second-order valence-electron chi connectivity index (χ2n) is 4.66. The SMILES string of the molecule is Cc1cc(NC2CCNC2)c2ccccc2n1. The lowest BCUT2D eigenvalue weighted by atomic mass is 10.1. The summed E-state index contributed by atoms with van der Waals surface area (Å²) >= 11 is 0. The van der Waals surface area contributed by atoms with Gasteiger partial charge in [0.15, 0.2) is 0 Å². The van der Waals surface area contributed by atoms with Crippen molar-refractivity contribution in [2.75, 3.05) is 18.4 Å². The minimum atomic E-state index is 0.542. The normalized spacial score (nSPS) is 19.7. The van der Waals surface area contributed by atoms with Gasteiger partial charge in [0, 0.05) is 29.4 Å². The molecule has 3 heteroatoms. The van der Waals surface area contributed by atoms with E-state index in [1.54, 1.807) is 0 Å². The molecular weight excluding hydrogens is 210 g/mol. The fraction of sp³-hybridized carbons (Fsp3) is 0.357. The average molecular weight is 227 g/mol. The summed E-state index contributed by atoms with van der Waals surface area (Å²) in [6.45, 7) is 4.21. The molecule has 0 bridgehead atoms. The molecule has 1 atom stereocenters. The molecule has 3 rings (SSSR count). The fourth-order valence-corrected chi connectivity index (χ4v) is 2.42. The van der Waals surface area contributed by atoms with Crippen LogP contribution in [0.25, 0.3) is 10.9 Å². The van der Waals surface area contributed by atoms with Crippen molar-refractivity contribution in [3.8, 4) is 0 Å². The van der Waals surface area contributed by atoms with E-state index in [2.05, 4.69) is 39.9 Å². The number of para-hydroxylation sites is 1. The van der Waals surface area contributed by atoms with E-state index in [0.717, 1.165) is 24.3 Å². The molecule has 2 N–H and O–H groups in total. The van der Waals surface area contributed by atoms with Crippen LogP contribution in [0.4, 0.5) is 5.69 Å². The van der Waals surface area contributed by atoms with Crippen LogP contribution in [0.15, 0.2) is 30.3 Å². The molecule has 1 unspecified atom stereocenters. The van der Waals surface area contributed by atoms with Gasteiger partial charge in [-0.2, -0.15) is 0 Å². The van der Waals surface area contributed by atoms with Gasteiger partial charge in [-0.15, -0.1) is 0 Å². The molecule has 0 saturated carbocycles. The highest BCUT2D eigenvalue weighted by Crippen LogP contribution is 2.24. The number of anilines is 1. The number of benzene rings is 1. The van der Waals surface area contributed by atoms with Crippen LogP contribution < -0.4 is 10.6 Å². The molecule has 17 heavy (non-hydrogen) atoms. The van der Waals surface area contributed by atoms with E-state index in [0.29, 0.717) is 6.04 Å². The minimum Gasteiger partial charge on any atom is -0.380 e. The number of rotatable bonds is 2. The predicted molar refractivity (Wildman–Crippen MR) is 71.4 cm³/mol. The Labute approximate surface area is 101 Å². The number of nitrogens with zero attached hydrogens (tertiary/aromatic N) is 1. The molecule has 1 aliphatic rings. The smallest absolute Gasteiger partial charge is 0.0725 e. The van der Waals surface area contributed by atoms with Gasteiger partial charge in [-0.05, 0) is 32.0 Å². The van der Waals surface area contributed by atoms with Crippen LogP contribution >= 0.6 is 0 Å². The number of fused-ring (bicyclic) bond motifs is 1. The largest absolute Gasteiger partial charge is 0.380 e. The summed E-state index contributed by atoms with van der Waals surface area (Å²) in [5.41, 5.74) is 3.35. The molecule has 2 heterocycles. The van der Waals surface area contributed by atoms with Crippen LogP contribution in [0.3, 0.4) is 0 Å². The molecule has 1 saturated heterocycles. The Kier molecular flexibility index (Phi) is 2.69. The molecule has 0 radical (unpaired) electrons. The van der Waals surface area contributed by atoms with Gasteiger partial charge >= 0.3 is 0 Å². The van der Waals surface area contributed by atoms with Gasteiger partial charge in [-0.1, -0.05) is 18.2 Å². The fourth-order valence-electron chi connectivity index (χ4n) is 2.42. The lowest BCUT2D eigenvalue weighted by Gasteiger charge is -2.15. The van der Waals surface area contributed by atoms with E-state index >= 15 is 0 Å². The molecule has 88 valence electrons. The Hall–Kier alpha value is -1.61. The zero-order valence-corrected chi connectivity index (χ0v) is 10.0. The van der Waals surface area contributed by atoms with Crippen LogP contribution in [0.5, 0.6) is 0 Å². The summed E-state index contributed by atoms with van der Waals surface area (Å²) in [6, 6.07) is 11.0. The van der Waals surface area contributed by atoms with Crippen LogP contribution in [-0.2, 0) is 0 Å². The Bertz CT molecular complexity index is 530. The van der Waals surface area contributed by atoms with Crippen LogP contribution in [-0.4, -0.2) is 24.1 Å². The molecule has 0 spiro atoms. The summed E-state index contributed by atoms with van der Waals surface area (Å²) in [5, 5.41) is 8.21. The maximum Gasteiger partial charge on any atom is 0.0725 e. The van der Waals surface area contributed by atoms with Crippen LogP contribution in [0.2, 0.25) is 0 Å². The first-order chi connectivity index (χ1) is 8.33. The summed E-state index contributed by atoms with van der Waals surface area (Å²) in [7, 11) is 0. The maximum absolute atomic E-state index is 4.56. The molecule has 1 aromatic carbocycles. The topological polar surface area (TPSA) is 37.0 Å². The third kappa shape index (κ3) is 2.11. The van der Waals surface area contributed by atoms with E-state index in [-0.39, 0.29) is 0 Å². The van der Waals surface area contributed by atoms with Crippen molar-refractivity contribution < 1.29 is 0 Å². The number of nitrogens with one attached hydrogen (secondary N) is 2. The van der Waals surface area contributed by atoms with Crippen LogP contribution in [0.1, 0.15) is 12.1 Å². The molecule has 0 aliphatic carbocycles. The third-order valence-electron chi connectivity index (χ3n) is 3.26. The first-order valence-electron chi connectivity index (χ1n) is 6.16.